The zero-order valence-electron chi connectivity index (χ0n) is 9.61. The summed E-state index contributed by atoms with van der Waals surface area (Å²) in [6.07, 6.45) is -0.0692. The molecular formula is C13H13BrClNOS. The van der Waals surface area contributed by atoms with E-state index in [0.717, 1.165) is 19.9 Å². The summed E-state index contributed by atoms with van der Waals surface area (Å²) >= 11 is 11.0. The molecule has 96 valence electrons. The van der Waals surface area contributed by atoms with Gasteiger partial charge in [0.2, 0.25) is 0 Å². The molecule has 2 N–H and O–H groups in total. The van der Waals surface area contributed by atoms with Crippen LogP contribution in [0.3, 0.4) is 0 Å². The molecule has 1 heterocycles. The highest BCUT2D eigenvalue weighted by Gasteiger charge is 2.12. The Bertz CT molecular complexity index is 517. The smallest absolute Gasteiger partial charge is 0.104 e. The molecule has 0 spiro atoms. The molecule has 1 atom stereocenters. The van der Waals surface area contributed by atoms with E-state index in [-0.39, 0.29) is 6.10 Å². The molecule has 2 nitrogen and oxygen atoms in total. The molecule has 0 saturated carbocycles. The van der Waals surface area contributed by atoms with Crippen LogP contribution in [0.5, 0.6) is 0 Å². The number of hydrogen-bond acceptors (Lipinski definition) is 3. The van der Waals surface area contributed by atoms with Crippen molar-refractivity contribution in [2.24, 2.45) is 5.73 Å². The minimum atomic E-state index is -0.0692. The Balaban J connectivity index is 1.99. The fourth-order valence-electron chi connectivity index (χ4n) is 1.59. The third kappa shape index (κ3) is 3.80. The molecule has 0 aliphatic heterocycles. The topological polar surface area (TPSA) is 35.2 Å². The van der Waals surface area contributed by atoms with Crippen LogP contribution >= 0.6 is 38.9 Å². The van der Waals surface area contributed by atoms with Crippen molar-refractivity contribution in [3.8, 4) is 0 Å². The molecule has 0 amide bonds. The average Bonchev–Trinajstić information content (AvgIpc) is 2.77. The molecule has 0 bridgehead atoms. The standard InChI is InChI=1S/C13H13BrClNOS/c14-10-5-13(18-8-10)12(6-16)17-7-9-2-1-3-11(15)4-9/h1-5,8,12H,6-7,16H2. The van der Waals surface area contributed by atoms with Crippen LogP contribution in [-0.2, 0) is 11.3 Å². The van der Waals surface area contributed by atoms with E-state index in [1.165, 1.54) is 0 Å². The molecule has 1 unspecified atom stereocenters. The molecule has 0 aliphatic carbocycles. The third-order valence-electron chi connectivity index (χ3n) is 2.46. The maximum absolute atomic E-state index is 5.93. The van der Waals surface area contributed by atoms with E-state index >= 15 is 0 Å². The Hall–Kier alpha value is -0.390. The molecular weight excluding hydrogens is 334 g/mol. The minimum Gasteiger partial charge on any atom is -0.367 e. The van der Waals surface area contributed by atoms with Crippen LogP contribution < -0.4 is 5.73 Å². The first-order chi connectivity index (χ1) is 8.69. The summed E-state index contributed by atoms with van der Waals surface area (Å²) in [6, 6.07) is 9.70. The number of halogens is 2. The van der Waals surface area contributed by atoms with Gasteiger partial charge in [0.05, 0.1) is 6.61 Å². The van der Waals surface area contributed by atoms with E-state index in [0.29, 0.717) is 13.2 Å². The highest BCUT2D eigenvalue weighted by Crippen LogP contribution is 2.28. The molecule has 2 rings (SSSR count). The number of thiophene rings is 1. The van der Waals surface area contributed by atoms with Crippen LogP contribution in [0.15, 0.2) is 40.2 Å². The van der Waals surface area contributed by atoms with Crippen molar-refractivity contribution < 1.29 is 4.74 Å². The van der Waals surface area contributed by atoms with Gasteiger partial charge in [0.25, 0.3) is 0 Å². The van der Waals surface area contributed by atoms with Crippen molar-refractivity contribution >= 4 is 38.9 Å². The summed E-state index contributed by atoms with van der Waals surface area (Å²) in [7, 11) is 0. The summed E-state index contributed by atoms with van der Waals surface area (Å²) in [6.45, 7) is 0.978. The largest absolute Gasteiger partial charge is 0.367 e. The maximum Gasteiger partial charge on any atom is 0.104 e. The van der Waals surface area contributed by atoms with Gasteiger partial charge >= 0.3 is 0 Å². The van der Waals surface area contributed by atoms with Crippen LogP contribution in [0.2, 0.25) is 5.02 Å². The predicted molar refractivity (Wildman–Crippen MR) is 80.1 cm³/mol. The van der Waals surface area contributed by atoms with Crippen molar-refractivity contribution in [1.29, 1.82) is 0 Å². The quantitative estimate of drug-likeness (QED) is 0.872. The molecule has 5 heteroatoms. The normalized spacial score (nSPS) is 12.6. The van der Waals surface area contributed by atoms with E-state index in [4.69, 9.17) is 22.1 Å². The lowest BCUT2D eigenvalue weighted by Gasteiger charge is -2.14. The lowest BCUT2D eigenvalue weighted by Crippen LogP contribution is -2.14. The van der Waals surface area contributed by atoms with Gasteiger partial charge in [-0.25, -0.2) is 0 Å². The Morgan fingerprint density at radius 3 is 2.83 bits per heavy atom. The first-order valence-corrected chi connectivity index (χ1v) is 7.54. The second-order valence-electron chi connectivity index (χ2n) is 3.83. The molecule has 1 aromatic carbocycles. The lowest BCUT2D eigenvalue weighted by atomic mass is 10.2. The Labute approximate surface area is 124 Å². The van der Waals surface area contributed by atoms with E-state index in [2.05, 4.69) is 15.9 Å². The van der Waals surface area contributed by atoms with E-state index < -0.39 is 0 Å². The predicted octanol–water partition coefficient (Wildman–Crippen LogP) is 4.38. The SMILES string of the molecule is NCC(OCc1cccc(Cl)c1)c1cc(Br)cs1. The number of hydrogen-bond donors (Lipinski definition) is 1. The maximum atomic E-state index is 5.93. The van der Waals surface area contributed by atoms with Gasteiger partial charge in [0, 0.05) is 26.3 Å². The van der Waals surface area contributed by atoms with Gasteiger partial charge in [0.1, 0.15) is 6.10 Å². The summed E-state index contributed by atoms with van der Waals surface area (Å²) in [4.78, 5) is 1.13. The molecule has 1 aromatic heterocycles. The van der Waals surface area contributed by atoms with Crippen molar-refractivity contribution in [2.75, 3.05) is 6.54 Å². The van der Waals surface area contributed by atoms with E-state index in [1.807, 2.05) is 35.7 Å². The molecule has 18 heavy (non-hydrogen) atoms. The number of rotatable bonds is 5. The van der Waals surface area contributed by atoms with Crippen molar-refractivity contribution in [1.82, 2.24) is 0 Å². The fourth-order valence-corrected chi connectivity index (χ4v) is 3.31. The van der Waals surface area contributed by atoms with Crippen molar-refractivity contribution in [2.45, 2.75) is 12.7 Å². The lowest BCUT2D eigenvalue weighted by molar-refractivity contribution is 0.0480. The third-order valence-corrected chi connectivity index (χ3v) is 4.48. The highest BCUT2D eigenvalue weighted by atomic mass is 79.9. The molecule has 0 radical (unpaired) electrons. The zero-order valence-corrected chi connectivity index (χ0v) is 12.8. The van der Waals surface area contributed by atoms with E-state index in [9.17, 15) is 0 Å². The average molecular weight is 347 g/mol. The van der Waals surface area contributed by atoms with Crippen LogP contribution in [0.25, 0.3) is 0 Å². The second-order valence-corrected chi connectivity index (χ2v) is 6.13. The highest BCUT2D eigenvalue weighted by molar-refractivity contribution is 9.10. The number of benzene rings is 1. The number of ether oxygens (including phenoxy) is 1. The van der Waals surface area contributed by atoms with Gasteiger partial charge < -0.3 is 10.5 Å². The van der Waals surface area contributed by atoms with Crippen molar-refractivity contribution in [3.63, 3.8) is 0 Å². The molecule has 0 aliphatic rings. The second kappa shape index (κ2) is 6.68. The van der Waals surface area contributed by atoms with Crippen LogP contribution in [0.1, 0.15) is 16.5 Å². The molecule has 2 aromatic rings. The van der Waals surface area contributed by atoms with Gasteiger partial charge in [-0.2, -0.15) is 0 Å². The van der Waals surface area contributed by atoms with Crippen LogP contribution in [-0.4, -0.2) is 6.54 Å². The molecule has 0 fully saturated rings. The van der Waals surface area contributed by atoms with Crippen LogP contribution in [0, 0.1) is 0 Å². The van der Waals surface area contributed by atoms with Gasteiger partial charge in [-0.3, -0.25) is 0 Å². The van der Waals surface area contributed by atoms with Crippen molar-refractivity contribution in [3.05, 3.63) is 55.6 Å². The first kappa shape index (κ1) is 14.0. The van der Waals surface area contributed by atoms with Gasteiger partial charge in [-0.05, 0) is 39.7 Å². The summed E-state index contributed by atoms with van der Waals surface area (Å²) in [5.41, 5.74) is 6.80. The summed E-state index contributed by atoms with van der Waals surface area (Å²) < 4.78 is 6.90. The summed E-state index contributed by atoms with van der Waals surface area (Å²) in [5.74, 6) is 0. The van der Waals surface area contributed by atoms with Crippen LogP contribution in [0.4, 0.5) is 0 Å². The Morgan fingerprint density at radius 2 is 2.22 bits per heavy atom. The summed E-state index contributed by atoms with van der Waals surface area (Å²) in [5, 5.41) is 2.75. The van der Waals surface area contributed by atoms with Gasteiger partial charge in [-0.15, -0.1) is 11.3 Å². The zero-order chi connectivity index (χ0) is 13.0. The number of nitrogens with two attached hydrogens (primary N) is 1. The Kier molecular flexibility index (Phi) is 5.21. The monoisotopic (exact) mass is 345 g/mol. The van der Waals surface area contributed by atoms with Gasteiger partial charge in [0.15, 0.2) is 0 Å². The molecule has 0 saturated heterocycles. The fraction of sp³-hybridized carbons (Fsp3) is 0.231. The first-order valence-electron chi connectivity index (χ1n) is 5.49. The van der Waals surface area contributed by atoms with Gasteiger partial charge in [-0.1, -0.05) is 23.7 Å². The minimum absolute atomic E-state index is 0.0692. The van der Waals surface area contributed by atoms with E-state index in [1.54, 1.807) is 11.3 Å². The Morgan fingerprint density at radius 1 is 1.39 bits per heavy atom.